The Kier molecular flexibility index (Phi) is 7.06. The second-order valence-electron chi connectivity index (χ2n) is 6.99. The standard InChI is InChI=1S/C20H29N3O2S/c1-16(2)17-6-12-20(13-7-17)26(24,25)22-19-10-8-18(9-11-19)21-14-5-15-23(3)4/h6-13,16,21-22H,5,14-15H2,1-4H3. The molecule has 0 aliphatic heterocycles. The molecule has 0 heterocycles. The summed E-state index contributed by atoms with van der Waals surface area (Å²) in [6.45, 7) is 6.07. The zero-order valence-corrected chi connectivity index (χ0v) is 16.8. The van der Waals surface area contributed by atoms with Gasteiger partial charge in [0.25, 0.3) is 10.0 Å². The number of nitrogens with zero attached hydrogens (tertiary/aromatic N) is 1. The summed E-state index contributed by atoms with van der Waals surface area (Å²) in [5.74, 6) is 0.373. The molecule has 0 bridgehead atoms. The third kappa shape index (κ3) is 6.04. The van der Waals surface area contributed by atoms with Crippen LogP contribution in [0.2, 0.25) is 0 Å². The van der Waals surface area contributed by atoms with Crippen molar-refractivity contribution < 1.29 is 8.42 Å². The fraction of sp³-hybridized carbons (Fsp3) is 0.400. The molecule has 2 aromatic rings. The molecule has 6 heteroatoms. The van der Waals surface area contributed by atoms with E-state index in [2.05, 4.69) is 42.9 Å². The van der Waals surface area contributed by atoms with Gasteiger partial charge in [-0.15, -0.1) is 0 Å². The van der Waals surface area contributed by atoms with Gasteiger partial charge in [-0.25, -0.2) is 8.42 Å². The third-order valence-corrected chi connectivity index (χ3v) is 5.50. The quantitative estimate of drug-likeness (QED) is 0.651. The number of nitrogens with one attached hydrogen (secondary N) is 2. The highest BCUT2D eigenvalue weighted by Crippen LogP contribution is 2.21. The monoisotopic (exact) mass is 375 g/mol. The molecule has 26 heavy (non-hydrogen) atoms. The van der Waals surface area contributed by atoms with Crippen molar-refractivity contribution in [2.24, 2.45) is 0 Å². The van der Waals surface area contributed by atoms with E-state index in [9.17, 15) is 8.42 Å². The van der Waals surface area contributed by atoms with Crippen LogP contribution in [0.3, 0.4) is 0 Å². The number of rotatable bonds is 9. The van der Waals surface area contributed by atoms with Crippen molar-refractivity contribution in [2.75, 3.05) is 37.2 Å². The highest BCUT2D eigenvalue weighted by Gasteiger charge is 2.14. The first-order chi connectivity index (χ1) is 12.3. The molecule has 0 aliphatic carbocycles. The number of benzene rings is 2. The lowest BCUT2D eigenvalue weighted by Gasteiger charge is -2.12. The fourth-order valence-electron chi connectivity index (χ4n) is 2.53. The maximum absolute atomic E-state index is 12.5. The third-order valence-electron chi connectivity index (χ3n) is 4.11. The lowest BCUT2D eigenvalue weighted by molar-refractivity contribution is 0.405. The Morgan fingerprint density at radius 3 is 2.04 bits per heavy atom. The molecule has 0 saturated heterocycles. The molecule has 5 nitrogen and oxygen atoms in total. The Balaban J connectivity index is 1.96. The van der Waals surface area contributed by atoms with Gasteiger partial charge >= 0.3 is 0 Å². The Morgan fingerprint density at radius 1 is 0.923 bits per heavy atom. The van der Waals surface area contributed by atoms with Crippen molar-refractivity contribution in [3.05, 3.63) is 54.1 Å². The highest BCUT2D eigenvalue weighted by atomic mass is 32.2. The summed E-state index contributed by atoms with van der Waals surface area (Å²) in [6, 6.07) is 14.3. The lowest BCUT2D eigenvalue weighted by Crippen LogP contribution is -2.16. The topological polar surface area (TPSA) is 61.4 Å². The predicted octanol–water partition coefficient (Wildman–Crippen LogP) is 3.97. The van der Waals surface area contributed by atoms with Gasteiger partial charge in [0.2, 0.25) is 0 Å². The number of hydrogen-bond donors (Lipinski definition) is 2. The van der Waals surface area contributed by atoms with Crippen molar-refractivity contribution >= 4 is 21.4 Å². The van der Waals surface area contributed by atoms with E-state index in [1.165, 1.54) is 0 Å². The Labute approximate surface area is 157 Å². The molecule has 0 amide bonds. The minimum Gasteiger partial charge on any atom is -0.385 e. The van der Waals surface area contributed by atoms with Gasteiger partial charge in [0.15, 0.2) is 0 Å². The van der Waals surface area contributed by atoms with E-state index in [1.807, 2.05) is 24.3 Å². The summed E-state index contributed by atoms with van der Waals surface area (Å²) >= 11 is 0. The lowest BCUT2D eigenvalue weighted by atomic mass is 10.0. The summed E-state index contributed by atoms with van der Waals surface area (Å²) in [5.41, 5.74) is 2.65. The van der Waals surface area contributed by atoms with E-state index < -0.39 is 10.0 Å². The number of sulfonamides is 1. The maximum Gasteiger partial charge on any atom is 0.261 e. The van der Waals surface area contributed by atoms with Gasteiger partial charge in [0, 0.05) is 17.9 Å². The molecule has 2 rings (SSSR count). The SMILES string of the molecule is CC(C)c1ccc(S(=O)(=O)Nc2ccc(NCCCN(C)C)cc2)cc1. The molecule has 2 aromatic carbocycles. The van der Waals surface area contributed by atoms with E-state index in [0.717, 1.165) is 30.8 Å². The van der Waals surface area contributed by atoms with Gasteiger partial charge < -0.3 is 10.2 Å². The molecule has 0 spiro atoms. The molecule has 0 aromatic heterocycles. The predicted molar refractivity (Wildman–Crippen MR) is 109 cm³/mol. The largest absolute Gasteiger partial charge is 0.385 e. The van der Waals surface area contributed by atoms with Crippen molar-refractivity contribution in [1.29, 1.82) is 0 Å². The van der Waals surface area contributed by atoms with E-state index in [4.69, 9.17) is 0 Å². The first-order valence-corrected chi connectivity index (χ1v) is 10.4. The number of hydrogen-bond acceptors (Lipinski definition) is 4. The first-order valence-electron chi connectivity index (χ1n) is 8.89. The summed E-state index contributed by atoms with van der Waals surface area (Å²) in [4.78, 5) is 2.42. The van der Waals surface area contributed by atoms with Gasteiger partial charge in [-0.05, 0) is 74.9 Å². The van der Waals surface area contributed by atoms with E-state index in [-0.39, 0.29) is 4.90 Å². The molecule has 0 unspecified atom stereocenters. The summed E-state index contributed by atoms with van der Waals surface area (Å²) in [5, 5.41) is 3.33. The molecular weight excluding hydrogens is 346 g/mol. The van der Waals surface area contributed by atoms with E-state index in [1.54, 1.807) is 24.3 Å². The molecule has 0 fully saturated rings. The van der Waals surface area contributed by atoms with Crippen molar-refractivity contribution in [3.63, 3.8) is 0 Å². The Morgan fingerprint density at radius 2 is 1.50 bits per heavy atom. The Hall–Kier alpha value is -2.05. The minimum atomic E-state index is -3.57. The van der Waals surface area contributed by atoms with Crippen LogP contribution in [0.1, 0.15) is 31.7 Å². The molecular formula is C20H29N3O2S. The minimum absolute atomic E-state index is 0.271. The van der Waals surface area contributed by atoms with Crippen LogP contribution in [0.4, 0.5) is 11.4 Å². The highest BCUT2D eigenvalue weighted by molar-refractivity contribution is 7.92. The molecule has 2 N–H and O–H groups in total. The van der Waals surface area contributed by atoms with Crippen LogP contribution in [0.5, 0.6) is 0 Å². The van der Waals surface area contributed by atoms with Gasteiger partial charge in [-0.2, -0.15) is 0 Å². The van der Waals surface area contributed by atoms with Gasteiger partial charge in [0.1, 0.15) is 0 Å². The average Bonchev–Trinajstić information content (AvgIpc) is 2.60. The van der Waals surface area contributed by atoms with Crippen LogP contribution >= 0.6 is 0 Å². The fourth-order valence-corrected chi connectivity index (χ4v) is 3.59. The van der Waals surface area contributed by atoms with Crippen molar-refractivity contribution in [2.45, 2.75) is 31.1 Å². The van der Waals surface area contributed by atoms with Gasteiger partial charge in [-0.3, -0.25) is 4.72 Å². The zero-order valence-electron chi connectivity index (χ0n) is 16.0. The van der Waals surface area contributed by atoms with Crippen molar-refractivity contribution in [3.8, 4) is 0 Å². The zero-order chi connectivity index (χ0) is 19.2. The second kappa shape index (κ2) is 9.05. The first kappa shape index (κ1) is 20.3. The normalized spacial score (nSPS) is 11.8. The van der Waals surface area contributed by atoms with E-state index in [0.29, 0.717) is 11.6 Å². The number of anilines is 2. The van der Waals surface area contributed by atoms with Crippen LogP contribution in [-0.2, 0) is 10.0 Å². The summed E-state index contributed by atoms with van der Waals surface area (Å²) in [6.07, 6.45) is 1.05. The van der Waals surface area contributed by atoms with Gasteiger partial charge in [0.05, 0.1) is 4.90 Å². The summed E-state index contributed by atoms with van der Waals surface area (Å²) < 4.78 is 27.7. The average molecular weight is 376 g/mol. The van der Waals surface area contributed by atoms with Crippen LogP contribution in [0, 0.1) is 0 Å². The summed E-state index contributed by atoms with van der Waals surface area (Å²) in [7, 11) is 0.531. The second-order valence-corrected chi connectivity index (χ2v) is 8.67. The molecule has 0 saturated carbocycles. The van der Waals surface area contributed by atoms with Crippen LogP contribution in [0.25, 0.3) is 0 Å². The Bertz CT molecular complexity index is 783. The molecule has 0 radical (unpaired) electrons. The smallest absolute Gasteiger partial charge is 0.261 e. The van der Waals surface area contributed by atoms with Crippen LogP contribution < -0.4 is 10.0 Å². The maximum atomic E-state index is 12.5. The van der Waals surface area contributed by atoms with Crippen LogP contribution in [-0.4, -0.2) is 40.5 Å². The van der Waals surface area contributed by atoms with Crippen molar-refractivity contribution in [1.82, 2.24) is 4.90 Å². The molecule has 0 aliphatic rings. The van der Waals surface area contributed by atoms with Gasteiger partial charge in [-0.1, -0.05) is 26.0 Å². The molecule has 0 atom stereocenters. The molecule has 142 valence electrons. The van der Waals surface area contributed by atoms with E-state index >= 15 is 0 Å². The van der Waals surface area contributed by atoms with Crippen LogP contribution in [0.15, 0.2) is 53.4 Å².